The molecule has 1 atom stereocenters. The van der Waals surface area contributed by atoms with Gasteiger partial charge in [0.05, 0.1) is 29.2 Å². The molecule has 8 heteroatoms. The first kappa shape index (κ1) is 20.5. The monoisotopic (exact) mass is 410 g/mol. The molecule has 0 aliphatic carbocycles. The van der Waals surface area contributed by atoms with Crippen molar-refractivity contribution in [3.05, 3.63) is 47.3 Å². The highest BCUT2D eigenvalue weighted by atomic mass is 16.2. The number of hydrogen-bond acceptors (Lipinski definition) is 5. The quantitative estimate of drug-likeness (QED) is 0.709. The summed E-state index contributed by atoms with van der Waals surface area (Å²) in [7, 11) is 0. The second kappa shape index (κ2) is 8.18. The molecule has 1 spiro atoms. The summed E-state index contributed by atoms with van der Waals surface area (Å²) in [5.74, 6) is 0.437. The topological polar surface area (TPSA) is 103 Å². The van der Waals surface area contributed by atoms with Crippen LogP contribution in [0.25, 0.3) is 0 Å². The van der Waals surface area contributed by atoms with Crippen LogP contribution in [0, 0.1) is 12.8 Å². The number of H-pyrrole nitrogens is 1. The lowest BCUT2D eigenvalue weighted by atomic mass is 9.78. The Labute approximate surface area is 176 Å². The van der Waals surface area contributed by atoms with E-state index >= 15 is 0 Å². The molecule has 2 aromatic heterocycles. The zero-order chi connectivity index (χ0) is 21.3. The first-order chi connectivity index (χ1) is 14.4. The van der Waals surface area contributed by atoms with E-state index in [4.69, 9.17) is 0 Å². The maximum absolute atomic E-state index is 13.0. The zero-order valence-electron chi connectivity index (χ0n) is 17.9. The zero-order valence-corrected chi connectivity index (χ0v) is 17.9. The largest absolute Gasteiger partial charge is 0.354 e. The average molecular weight is 411 g/mol. The third kappa shape index (κ3) is 3.84. The molecular formula is C22H30N6O2. The Kier molecular flexibility index (Phi) is 5.60. The molecule has 1 saturated heterocycles. The minimum Gasteiger partial charge on any atom is -0.354 e. The number of aromatic amines is 1. The molecule has 160 valence electrons. The minimum absolute atomic E-state index is 0.0136. The van der Waals surface area contributed by atoms with Crippen LogP contribution in [0.5, 0.6) is 0 Å². The summed E-state index contributed by atoms with van der Waals surface area (Å²) in [6.45, 7) is 7.89. The third-order valence-corrected chi connectivity index (χ3v) is 6.17. The third-order valence-electron chi connectivity index (χ3n) is 6.17. The Morgan fingerprint density at radius 2 is 2.07 bits per heavy atom. The molecule has 0 unspecified atom stereocenters. The summed E-state index contributed by atoms with van der Waals surface area (Å²) in [5, 5.41) is 6.64. The van der Waals surface area contributed by atoms with Gasteiger partial charge in [0.2, 0.25) is 5.91 Å². The van der Waals surface area contributed by atoms with E-state index in [2.05, 4.69) is 39.4 Å². The van der Waals surface area contributed by atoms with Gasteiger partial charge in [-0.3, -0.25) is 19.9 Å². The highest BCUT2D eigenvalue weighted by Gasteiger charge is 2.46. The lowest BCUT2D eigenvalue weighted by Gasteiger charge is -2.46. The number of hydrogen-bond donors (Lipinski definition) is 3. The van der Waals surface area contributed by atoms with Gasteiger partial charge in [-0.15, -0.1) is 0 Å². The number of aromatic nitrogens is 3. The van der Waals surface area contributed by atoms with Gasteiger partial charge in [-0.25, -0.2) is 4.98 Å². The Balaban J connectivity index is 1.50. The number of aryl methyl sites for hydroxylation is 1. The molecule has 2 aliphatic rings. The van der Waals surface area contributed by atoms with Gasteiger partial charge in [-0.05, 0) is 37.8 Å². The van der Waals surface area contributed by atoms with E-state index in [0.29, 0.717) is 50.4 Å². The van der Waals surface area contributed by atoms with E-state index < -0.39 is 5.54 Å². The number of imidazole rings is 1. The van der Waals surface area contributed by atoms with Crippen LogP contribution in [0.15, 0.2) is 24.7 Å². The van der Waals surface area contributed by atoms with Gasteiger partial charge >= 0.3 is 0 Å². The molecule has 2 aliphatic heterocycles. The van der Waals surface area contributed by atoms with Crippen LogP contribution in [0.1, 0.15) is 54.1 Å². The molecule has 3 N–H and O–H groups in total. The van der Waals surface area contributed by atoms with Crippen LogP contribution in [0.2, 0.25) is 0 Å². The first-order valence-corrected chi connectivity index (χ1v) is 10.7. The molecule has 0 radical (unpaired) electrons. The molecular weight excluding hydrogens is 380 g/mol. The summed E-state index contributed by atoms with van der Waals surface area (Å²) < 4.78 is 0. The Morgan fingerprint density at radius 3 is 2.77 bits per heavy atom. The van der Waals surface area contributed by atoms with E-state index in [-0.39, 0.29) is 17.9 Å². The fraction of sp³-hybridized carbons (Fsp3) is 0.545. The van der Waals surface area contributed by atoms with Crippen LogP contribution in [-0.2, 0) is 16.8 Å². The molecule has 0 saturated carbocycles. The fourth-order valence-electron chi connectivity index (χ4n) is 4.49. The number of piperidine rings is 1. The van der Waals surface area contributed by atoms with Crippen LogP contribution >= 0.6 is 0 Å². The van der Waals surface area contributed by atoms with Crippen molar-refractivity contribution in [2.75, 3.05) is 19.6 Å². The molecule has 0 bridgehead atoms. The average Bonchev–Trinajstić information content (AvgIpc) is 3.22. The minimum atomic E-state index is -0.395. The molecule has 30 heavy (non-hydrogen) atoms. The van der Waals surface area contributed by atoms with Crippen molar-refractivity contribution >= 4 is 11.8 Å². The van der Waals surface area contributed by atoms with Gasteiger partial charge in [-0.1, -0.05) is 13.8 Å². The van der Waals surface area contributed by atoms with Crippen molar-refractivity contribution in [2.24, 2.45) is 5.92 Å². The highest BCUT2D eigenvalue weighted by Crippen LogP contribution is 2.37. The van der Waals surface area contributed by atoms with Crippen molar-refractivity contribution in [2.45, 2.75) is 51.6 Å². The van der Waals surface area contributed by atoms with Gasteiger partial charge in [-0.2, -0.15) is 0 Å². The lowest BCUT2D eigenvalue weighted by molar-refractivity contribution is -0.124. The van der Waals surface area contributed by atoms with Crippen LogP contribution in [0.4, 0.5) is 0 Å². The second-order valence-electron chi connectivity index (χ2n) is 8.78. The highest BCUT2D eigenvalue weighted by molar-refractivity contribution is 5.95. The van der Waals surface area contributed by atoms with E-state index in [1.54, 1.807) is 18.6 Å². The molecule has 8 nitrogen and oxygen atoms in total. The molecule has 4 heterocycles. The summed E-state index contributed by atoms with van der Waals surface area (Å²) in [6.07, 6.45) is 5.43. The van der Waals surface area contributed by atoms with E-state index in [1.807, 2.05) is 17.9 Å². The standard InChI is InChI=1S/C22H30N6O2/c1-14(2)12-24-20(29)18-11-17-19(26-13-25-17)22(27-18)6-9-28(10-7-22)21(30)16-5-4-8-23-15(16)3/h4-5,8,13-14,18,27H,6-7,9-12H2,1-3H3,(H,24,29)(H,25,26)/t18-/m0/s1. The number of amides is 2. The van der Waals surface area contributed by atoms with Gasteiger partial charge < -0.3 is 15.2 Å². The number of fused-ring (bicyclic) bond motifs is 2. The fourth-order valence-corrected chi connectivity index (χ4v) is 4.49. The molecule has 2 amide bonds. The number of pyridine rings is 1. The van der Waals surface area contributed by atoms with Crippen molar-refractivity contribution in [3.63, 3.8) is 0 Å². The van der Waals surface area contributed by atoms with Crippen molar-refractivity contribution in [1.29, 1.82) is 0 Å². The Bertz CT molecular complexity index is 929. The predicted octanol–water partition coefficient (Wildman–Crippen LogP) is 1.53. The van der Waals surface area contributed by atoms with E-state index in [0.717, 1.165) is 17.1 Å². The van der Waals surface area contributed by atoms with E-state index in [9.17, 15) is 9.59 Å². The van der Waals surface area contributed by atoms with Crippen molar-refractivity contribution in [1.82, 2.24) is 30.5 Å². The number of likely N-dealkylation sites (tertiary alicyclic amines) is 1. The van der Waals surface area contributed by atoms with Crippen molar-refractivity contribution < 1.29 is 9.59 Å². The smallest absolute Gasteiger partial charge is 0.255 e. The second-order valence-corrected chi connectivity index (χ2v) is 8.78. The van der Waals surface area contributed by atoms with Gasteiger partial charge in [0.1, 0.15) is 0 Å². The summed E-state index contributed by atoms with van der Waals surface area (Å²) in [6, 6.07) is 3.32. The summed E-state index contributed by atoms with van der Waals surface area (Å²) >= 11 is 0. The van der Waals surface area contributed by atoms with Crippen LogP contribution in [-0.4, -0.2) is 57.3 Å². The number of carbonyl (C=O) groups excluding carboxylic acids is 2. The number of carbonyl (C=O) groups is 2. The predicted molar refractivity (Wildman–Crippen MR) is 113 cm³/mol. The molecule has 4 rings (SSSR count). The maximum atomic E-state index is 13.0. The molecule has 1 fully saturated rings. The van der Waals surface area contributed by atoms with Crippen molar-refractivity contribution in [3.8, 4) is 0 Å². The number of nitrogens with zero attached hydrogens (tertiary/aromatic N) is 3. The summed E-state index contributed by atoms with van der Waals surface area (Å²) in [4.78, 5) is 39.7. The number of rotatable bonds is 4. The molecule has 2 aromatic rings. The maximum Gasteiger partial charge on any atom is 0.255 e. The van der Waals surface area contributed by atoms with E-state index in [1.165, 1.54) is 0 Å². The van der Waals surface area contributed by atoms with Gasteiger partial charge in [0, 0.05) is 43.6 Å². The SMILES string of the molecule is Cc1ncccc1C(=O)N1CCC2(CC1)N[C@H](C(=O)NCC(C)C)Cc1[nH]cnc12. The Morgan fingerprint density at radius 1 is 1.30 bits per heavy atom. The molecule has 0 aromatic carbocycles. The first-order valence-electron chi connectivity index (χ1n) is 10.7. The van der Waals surface area contributed by atoms with Crippen LogP contribution < -0.4 is 10.6 Å². The number of nitrogens with one attached hydrogen (secondary N) is 3. The van der Waals surface area contributed by atoms with Gasteiger partial charge in [0.15, 0.2) is 0 Å². The van der Waals surface area contributed by atoms with Crippen LogP contribution in [0.3, 0.4) is 0 Å². The Hall–Kier alpha value is -2.74. The lowest BCUT2D eigenvalue weighted by Crippen LogP contribution is -2.62. The van der Waals surface area contributed by atoms with Gasteiger partial charge in [0.25, 0.3) is 5.91 Å². The summed E-state index contributed by atoms with van der Waals surface area (Å²) in [5.41, 5.74) is 3.00. The normalized spacial score (nSPS) is 20.3.